The van der Waals surface area contributed by atoms with E-state index >= 15 is 0 Å². The van der Waals surface area contributed by atoms with Crippen molar-refractivity contribution in [3.63, 3.8) is 0 Å². The number of hydrogen-bond donors (Lipinski definition) is 1. The van der Waals surface area contributed by atoms with E-state index in [4.69, 9.17) is 4.74 Å². The van der Waals surface area contributed by atoms with Crippen LogP contribution in [0.5, 0.6) is 5.75 Å². The molecule has 0 unspecified atom stereocenters. The largest absolute Gasteiger partial charge is 0.497 e. The van der Waals surface area contributed by atoms with Crippen LogP contribution >= 0.6 is 0 Å². The third-order valence-electron chi connectivity index (χ3n) is 2.59. The van der Waals surface area contributed by atoms with Crippen molar-refractivity contribution in [3.8, 4) is 5.75 Å². The Hall–Kier alpha value is -1.90. The summed E-state index contributed by atoms with van der Waals surface area (Å²) in [5.41, 5.74) is 2.32. The lowest BCUT2D eigenvalue weighted by Gasteiger charge is -2.08. The van der Waals surface area contributed by atoms with Crippen molar-refractivity contribution in [2.45, 2.75) is 6.54 Å². The molecule has 1 aromatic heterocycles. The summed E-state index contributed by atoms with van der Waals surface area (Å²) in [5.74, 6) is 0.872. The van der Waals surface area contributed by atoms with Gasteiger partial charge in [-0.15, -0.1) is 0 Å². The highest BCUT2D eigenvalue weighted by molar-refractivity contribution is 5.48. The molecule has 2 aromatic rings. The Bertz CT molecular complexity index is 462. The summed E-state index contributed by atoms with van der Waals surface area (Å²) in [5, 5.41) is 3.36. The van der Waals surface area contributed by atoms with E-state index in [0.717, 1.165) is 18.0 Å². The molecular weight excluding hydrogens is 200 g/mol. The fourth-order valence-corrected chi connectivity index (χ4v) is 1.61. The number of aryl methyl sites for hydroxylation is 1. The van der Waals surface area contributed by atoms with Crippen molar-refractivity contribution in [3.05, 3.63) is 48.3 Å². The van der Waals surface area contributed by atoms with E-state index in [1.165, 1.54) is 5.69 Å². The van der Waals surface area contributed by atoms with E-state index in [2.05, 4.69) is 16.0 Å². The number of ether oxygens (including phenoxy) is 1. The second-order valence-electron chi connectivity index (χ2n) is 3.70. The smallest absolute Gasteiger partial charge is 0.120 e. The van der Waals surface area contributed by atoms with Gasteiger partial charge in [-0.1, -0.05) is 6.07 Å². The summed E-state index contributed by atoms with van der Waals surface area (Å²) in [4.78, 5) is 0. The van der Waals surface area contributed by atoms with E-state index in [-0.39, 0.29) is 0 Å². The first-order valence-corrected chi connectivity index (χ1v) is 5.28. The van der Waals surface area contributed by atoms with Gasteiger partial charge in [-0.2, -0.15) is 0 Å². The second-order valence-corrected chi connectivity index (χ2v) is 3.70. The van der Waals surface area contributed by atoms with E-state index in [1.807, 2.05) is 43.6 Å². The summed E-state index contributed by atoms with van der Waals surface area (Å²) in [6.45, 7) is 0.816. The van der Waals surface area contributed by atoms with Crippen molar-refractivity contribution >= 4 is 5.69 Å². The van der Waals surface area contributed by atoms with Crippen molar-refractivity contribution in [1.29, 1.82) is 0 Å². The van der Waals surface area contributed by atoms with Crippen LogP contribution < -0.4 is 10.1 Å². The lowest BCUT2D eigenvalue weighted by molar-refractivity contribution is 0.415. The van der Waals surface area contributed by atoms with Gasteiger partial charge < -0.3 is 14.6 Å². The van der Waals surface area contributed by atoms with E-state index in [0.29, 0.717) is 0 Å². The maximum atomic E-state index is 5.17. The average molecular weight is 216 g/mol. The lowest BCUT2D eigenvalue weighted by atomic mass is 10.3. The molecule has 1 aromatic carbocycles. The van der Waals surface area contributed by atoms with Gasteiger partial charge in [-0.25, -0.2) is 0 Å². The summed E-state index contributed by atoms with van der Waals surface area (Å²) in [6.07, 6.45) is 2.04. The van der Waals surface area contributed by atoms with Crippen molar-refractivity contribution in [1.82, 2.24) is 4.57 Å². The Balaban J connectivity index is 2.02. The summed E-state index contributed by atoms with van der Waals surface area (Å²) >= 11 is 0. The number of nitrogens with one attached hydrogen (secondary N) is 1. The Labute approximate surface area is 95.7 Å². The number of rotatable bonds is 4. The highest BCUT2D eigenvalue weighted by atomic mass is 16.5. The van der Waals surface area contributed by atoms with Gasteiger partial charge in [0.15, 0.2) is 0 Å². The minimum Gasteiger partial charge on any atom is -0.497 e. The molecule has 0 radical (unpaired) electrons. The molecule has 1 heterocycles. The molecule has 3 nitrogen and oxygen atoms in total. The number of methoxy groups -OCH3 is 1. The number of nitrogens with zero attached hydrogens (tertiary/aromatic N) is 1. The van der Waals surface area contributed by atoms with Crippen molar-refractivity contribution < 1.29 is 4.74 Å². The van der Waals surface area contributed by atoms with Gasteiger partial charge in [0, 0.05) is 30.7 Å². The van der Waals surface area contributed by atoms with Crippen LogP contribution in [0, 0.1) is 0 Å². The second kappa shape index (κ2) is 4.75. The van der Waals surface area contributed by atoms with Crippen LogP contribution in [0.4, 0.5) is 5.69 Å². The molecule has 0 aliphatic rings. The maximum Gasteiger partial charge on any atom is 0.120 e. The molecule has 0 fully saturated rings. The van der Waals surface area contributed by atoms with Crippen LogP contribution in [0.1, 0.15) is 5.69 Å². The Morgan fingerprint density at radius 3 is 2.81 bits per heavy atom. The Kier molecular flexibility index (Phi) is 3.15. The fraction of sp³-hybridized carbons (Fsp3) is 0.231. The Morgan fingerprint density at radius 1 is 1.25 bits per heavy atom. The van der Waals surface area contributed by atoms with Gasteiger partial charge in [0.25, 0.3) is 0 Å². The lowest BCUT2D eigenvalue weighted by Crippen LogP contribution is -2.03. The van der Waals surface area contributed by atoms with Crippen molar-refractivity contribution in [2.24, 2.45) is 7.05 Å². The quantitative estimate of drug-likeness (QED) is 0.850. The molecule has 0 saturated heterocycles. The molecule has 0 saturated carbocycles. The molecule has 0 amide bonds. The zero-order valence-corrected chi connectivity index (χ0v) is 9.60. The highest BCUT2D eigenvalue weighted by Crippen LogP contribution is 2.17. The van der Waals surface area contributed by atoms with E-state index in [9.17, 15) is 0 Å². The van der Waals surface area contributed by atoms with Crippen LogP contribution in [-0.2, 0) is 13.6 Å². The van der Waals surface area contributed by atoms with E-state index in [1.54, 1.807) is 7.11 Å². The molecule has 1 N–H and O–H groups in total. The molecule has 16 heavy (non-hydrogen) atoms. The van der Waals surface area contributed by atoms with Crippen LogP contribution in [0.15, 0.2) is 42.6 Å². The molecule has 2 rings (SSSR count). The normalized spacial score (nSPS) is 10.1. The minimum absolute atomic E-state index is 0.816. The van der Waals surface area contributed by atoms with Crippen LogP contribution in [0.25, 0.3) is 0 Å². The molecular formula is C13H16N2O. The van der Waals surface area contributed by atoms with Gasteiger partial charge in [0.05, 0.1) is 13.7 Å². The topological polar surface area (TPSA) is 26.2 Å². The predicted molar refractivity (Wildman–Crippen MR) is 65.7 cm³/mol. The third kappa shape index (κ3) is 2.37. The standard InChI is InChI=1S/C13H16N2O/c1-15-8-4-6-12(15)10-14-11-5-3-7-13(9-11)16-2/h3-9,14H,10H2,1-2H3. The van der Waals surface area contributed by atoms with Crippen LogP contribution in [0.2, 0.25) is 0 Å². The summed E-state index contributed by atoms with van der Waals surface area (Å²) < 4.78 is 7.27. The monoisotopic (exact) mass is 216 g/mol. The van der Waals surface area contributed by atoms with Gasteiger partial charge in [0.2, 0.25) is 0 Å². The fourth-order valence-electron chi connectivity index (χ4n) is 1.61. The molecule has 0 atom stereocenters. The zero-order chi connectivity index (χ0) is 11.4. The first-order chi connectivity index (χ1) is 7.79. The molecule has 84 valence electrons. The average Bonchev–Trinajstić information content (AvgIpc) is 2.72. The molecule has 0 bridgehead atoms. The molecule has 0 spiro atoms. The van der Waals surface area contributed by atoms with Gasteiger partial charge in [0.1, 0.15) is 5.75 Å². The number of benzene rings is 1. The van der Waals surface area contributed by atoms with Crippen LogP contribution in [0.3, 0.4) is 0 Å². The van der Waals surface area contributed by atoms with Gasteiger partial charge in [-0.3, -0.25) is 0 Å². The first-order valence-electron chi connectivity index (χ1n) is 5.28. The number of hydrogen-bond acceptors (Lipinski definition) is 2. The highest BCUT2D eigenvalue weighted by Gasteiger charge is 1.98. The Morgan fingerprint density at radius 2 is 2.12 bits per heavy atom. The van der Waals surface area contributed by atoms with E-state index < -0.39 is 0 Å². The SMILES string of the molecule is COc1cccc(NCc2cccn2C)c1. The molecule has 0 aliphatic carbocycles. The minimum atomic E-state index is 0.816. The number of anilines is 1. The zero-order valence-electron chi connectivity index (χ0n) is 9.60. The number of aromatic nitrogens is 1. The van der Waals surface area contributed by atoms with Crippen molar-refractivity contribution in [2.75, 3.05) is 12.4 Å². The summed E-state index contributed by atoms with van der Waals surface area (Å²) in [7, 11) is 3.72. The first kappa shape index (κ1) is 10.6. The van der Waals surface area contributed by atoms with Gasteiger partial charge in [-0.05, 0) is 24.3 Å². The van der Waals surface area contributed by atoms with Crippen LogP contribution in [-0.4, -0.2) is 11.7 Å². The summed E-state index contributed by atoms with van der Waals surface area (Å²) in [6, 6.07) is 12.1. The predicted octanol–water partition coefficient (Wildman–Crippen LogP) is 2.65. The molecule has 0 aliphatic heterocycles. The molecule has 3 heteroatoms. The van der Waals surface area contributed by atoms with Gasteiger partial charge >= 0.3 is 0 Å². The third-order valence-corrected chi connectivity index (χ3v) is 2.59. The maximum absolute atomic E-state index is 5.17.